The lowest BCUT2D eigenvalue weighted by molar-refractivity contribution is 0.670. The summed E-state index contributed by atoms with van der Waals surface area (Å²) in [6.45, 7) is 0. The Kier molecular flexibility index (Phi) is 5.09. The van der Waals surface area contributed by atoms with Crippen molar-refractivity contribution in [3.8, 4) is 27.9 Å². The standard InChI is InChI=1S/C37H25N3O/c38-37(39)24-17-15-23(16-18-24)25-7-5-8-27(21-25)40-33-13-3-1-9-29(33)30-20-19-26(22-34(30)40)28-11-6-12-32-31-10-2-4-14-35(31)41-36(28)32/h1-22H,(H3,38,39). The van der Waals surface area contributed by atoms with E-state index in [1.165, 1.54) is 10.8 Å². The molecule has 4 heteroatoms. The first-order chi connectivity index (χ1) is 20.2. The average Bonchev–Trinajstić information content (AvgIpc) is 3.57. The van der Waals surface area contributed by atoms with Crippen LogP contribution < -0.4 is 5.73 Å². The van der Waals surface area contributed by atoms with E-state index in [9.17, 15) is 0 Å². The van der Waals surface area contributed by atoms with Crippen molar-refractivity contribution < 1.29 is 4.42 Å². The summed E-state index contributed by atoms with van der Waals surface area (Å²) in [4.78, 5) is 0. The fourth-order valence-electron chi connectivity index (χ4n) is 6.06. The second kappa shape index (κ2) is 8.97. The third-order valence-corrected chi connectivity index (χ3v) is 8.02. The summed E-state index contributed by atoms with van der Waals surface area (Å²) in [7, 11) is 0. The number of rotatable bonds is 4. The van der Waals surface area contributed by atoms with Crippen LogP contribution in [0.15, 0.2) is 138 Å². The van der Waals surface area contributed by atoms with Crippen molar-refractivity contribution in [2.75, 3.05) is 0 Å². The van der Waals surface area contributed by atoms with Crippen molar-refractivity contribution in [1.82, 2.24) is 4.57 Å². The monoisotopic (exact) mass is 527 g/mol. The van der Waals surface area contributed by atoms with E-state index in [0.717, 1.165) is 66.5 Å². The molecule has 2 aromatic heterocycles. The molecule has 0 bridgehead atoms. The Morgan fingerprint density at radius 3 is 2.12 bits per heavy atom. The van der Waals surface area contributed by atoms with Crippen LogP contribution in [0, 0.1) is 5.41 Å². The SMILES string of the molecule is N=C(N)c1ccc(-c2cccc(-n3c4ccccc4c4ccc(-c5cccc6c5oc5ccccc56)cc43)c2)cc1. The molecule has 194 valence electrons. The molecule has 0 unspecified atom stereocenters. The summed E-state index contributed by atoms with van der Waals surface area (Å²) < 4.78 is 8.73. The quantitative estimate of drug-likeness (QED) is 0.177. The molecule has 0 spiro atoms. The number of fused-ring (bicyclic) bond motifs is 6. The van der Waals surface area contributed by atoms with Crippen LogP contribution in [0.2, 0.25) is 0 Å². The van der Waals surface area contributed by atoms with Crippen molar-refractivity contribution in [3.63, 3.8) is 0 Å². The largest absolute Gasteiger partial charge is 0.455 e. The molecule has 3 N–H and O–H groups in total. The van der Waals surface area contributed by atoms with E-state index in [4.69, 9.17) is 15.6 Å². The van der Waals surface area contributed by atoms with Gasteiger partial charge < -0.3 is 14.7 Å². The topological polar surface area (TPSA) is 67.9 Å². The zero-order valence-electron chi connectivity index (χ0n) is 22.1. The molecule has 41 heavy (non-hydrogen) atoms. The molecular formula is C37H25N3O. The maximum Gasteiger partial charge on any atom is 0.143 e. The van der Waals surface area contributed by atoms with E-state index < -0.39 is 0 Å². The highest BCUT2D eigenvalue weighted by molar-refractivity contribution is 6.13. The minimum absolute atomic E-state index is 0.0738. The first-order valence-corrected chi connectivity index (χ1v) is 13.6. The maximum absolute atomic E-state index is 7.71. The highest BCUT2D eigenvalue weighted by Gasteiger charge is 2.16. The first-order valence-electron chi connectivity index (χ1n) is 13.6. The van der Waals surface area contributed by atoms with Gasteiger partial charge in [0.05, 0.1) is 11.0 Å². The van der Waals surface area contributed by atoms with Crippen LogP contribution >= 0.6 is 0 Å². The highest BCUT2D eigenvalue weighted by atomic mass is 16.3. The van der Waals surface area contributed by atoms with Gasteiger partial charge in [0.1, 0.15) is 17.0 Å². The van der Waals surface area contributed by atoms with Crippen LogP contribution in [0.5, 0.6) is 0 Å². The average molecular weight is 528 g/mol. The molecule has 0 saturated heterocycles. The minimum Gasteiger partial charge on any atom is -0.455 e. The molecule has 0 aliphatic carbocycles. The predicted octanol–water partition coefficient (Wildman–Crippen LogP) is 9.30. The Bertz CT molecular complexity index is 2290. The normalized spacial score (nSPS) is 11.6. The van der Waals surface area contributed by atoms with Crippen molar-refractivity contribution in [2.24, 2.45) is 5.73 Å². The van der Waals surface area contributed by atoms with Gasteiger partial charge in [0.25, 0.3) is 0 Å². The van der Waals surface area contributed by atoms with E-state index >= 15 is 0 Å². The smallest absolute Gasteiger partial charge is 0.143 e. The number of hydrogen-bond donors (Lipinski definition) is 2. The minimum atomic E-state index is 0.0738. The van der Waals surface area contributed by atoms with Crippen LogP contribution in [0.1, 0.15) is 5.56 Å². The number of nitrogens with one attached hydrogen (secondary N) is 1. The molecule has 0 aliphatic heterocycles. The Morgan fingerprint density at radius 2 is 1.27 bits per heavy atom. The number of furan rings is 1. The van der Waals surface area contributed by atoms with Gasteiger partial charge in [0.2, 0.25) is 0 Å². The van der Waals surface area contributed by atoms with Gasteiger partial charge in [-0.25, -0.2) is 0 Å². The van der Waals surface area contributed by atoms with Gasteiger partial charge in [0, 0.05) is 38.4 Å². The van der Waals surface area contributed by atoms with Crippen molar-refractivity contribution in [2.45, 2.75) is 0 Å². The predicted molar refractivity (Wildman–Crippen MR) is 170 cm³/mol. The van der Waals surface area contributed by atoms with Gasteiger partial charge in [-0.3, -0.25) is 5.41 Å². The molecule has 0 amide bonds. The molecule has 8 aromatic rings. The second-order valence-electron chi connectivity index (χ2n) is 10.4. The number of amidine groups is 1. The Hall–Kier alpha value is -5.61. The summed E-state index contributed by atoms with van der Waals surface area (Å²) in [5.41, 5.74) is 16.0. The van der Waals surface area contributed by atoms with Gasteiger partial charge >= 0.3 is 0 Å². The Morgan fingerprint density at radius 1 is 0.561 bits per heavy atom. The van der Waals surface area contributed by atoms with E-state index in [1.807, 2.05) is 36.4 Å². The number of aromatic nitrogens is 1. The fraction of sp³-hybridized carbons (Fsp3) is 0. The Labute approximate surface area is 236 Å². The number of hydrogen-bond acceptors (Lipinski definition) is 2. The fourth-order valence-corrected chi connectivity index (χ4v) is 6.06. The molecule has 8 rings (SSSR count). The van der Waals surface area contributed by atoms with Gasteiger partial charge in [-0.1, -0.05) is 103 Å². The molecule has 6 aromatic carbocycles. The molecular weight excluding hydrogens is 502 g/mol. The number of para-hydroxylation sites is 3. The van der Waals surface area contributed by atoms with Gasteiger partial charge in [0.15, 0.2) is 0 Å². The maximum atomic E-state index is 7.71. The van der Waals surface area contributed by atoms with Crippen molar-refractivity contribution in [1.29, 1.82) is 5.41 Å². The lowest BCUT2D eigenvalue weighted by Crippen LogP contribution is -2.10. The summed E-state index contributed by atoms with van der Waals surface area (Å²) in [6.07, 6.45) is 0. The number of nitrogens with two attached hydrogens (primary N) is 1. The van der Waals surface area contributed by atoms with Crippen molar-refractivity contribution >= 4 is 49.6 Å². The molecule has 0 aliphatic rings. The van der Waals surface area contributed by atoms with Crippen molar-refractivity contribution in [3.05, 3.63) is 139 Å². The van der Waals surface area contributed by atoms with Gasteiger partial charge in [-0.2, -0.15) is 0 Å². The van der Waals surface area contributed by atoms with E-state index in [-0.39, 0.29) is 5.84 Å². The molecule has 2 heterocycles. The molecule has 0 saturated carbocycles. The first kappa shape index (κ1) is 23.3. The lowest BCUT2D eigenvalue weighted by atomic mass is 10.0. The zero-order valence-corrected chi connectivity index (χ0v) is 22.1. The van der Waals surface area contributed by atoms with Crippen LogP contribution in [0.3, 0.4) is 0 Å². The Balaban J connectivity index is 1.34. The van der Waals surface area contributed by atoms with E-state index in [2.05, 4.69) is 102 Å². The molecule has 0 fully saturated rings. The third kappa shape index (κ3) is 3.65. The molecule has 4 nitrogen and oxygen atoms in total. The van der Waals surface area contributed by atoms with Crippen LogP contribution in [-0.2, 0) is 0 Å². The zero-order chi connectivity index (χ0) is 27.5. The van der Waals surface area contributed by atoms with E-state index in [0.29, 0.717) is 0 Å². The highest BCUT2D eigenvalue weighted by Crippen LogP contribution is 2.39. The van der Waals surface area contributed by atoms with Gasteiger partial charge in [-0.15, -0.1) is 0 Å². The number of nitrogens with zero attached hydrogens (tertiary/aromatic N) is 1. The van der Waals surface area contributed by atoms with E-state index in [1.54, 1.807) is 0 Å². The van der Waals surface area contributed by atoms with Crippen LogP contribution in [0.4, 0.5) is 0 Å². The van der Waals surface area contributed by atoms with Gasteiger partial charge in [-0.05, 0) is 47.0 Å². The molecule has 0 radical (unpaired) electrons. The van der Waals surface area contributed by atoms with Crippen LogP contribution in [-0.4, -0.2) is 10.4 Å². The summed E-state index contributed by atoms with van der Waals surface area (Å²) >= 11 is 0. The summed E-state index contributed by atoms with van der Waals surface area (Å²) in [6, 6.07) is 46.3. The molecule has 0 atom stereocenters. The number of benzene rings is 6. The lowest BCUT2D eigenvalue weighted by Gasteiger charge is -2.11. The summed E-state index contributed by atoms with van der Waals surface area (Å²) in [5.74, 6) is 0.0738. The second-order valence-corrected chi connectivity index (χ2v) is 10.4. The third-order valence-electron chi connectivity index (χ3n) is 8.02. The van der Waals surface area contributed by atoms with Crippen LogP contribution in [0.25, 0.3) is 71.7 Å². The number of nitrogen functional groups attached to an aromatic ring is 1. The summed E-state index contributed by atoms with van der Waals surface area (Å²) in [5, 5.41) is 12.4.